The lowest BCUT2D eigenvalue weighted by atomic mass is 10.3. The van der Waals surface area contributed by atoms with Crippen LogP contribution in [0.5, 0.6) is 0 Å². The molecule has 0 heterocycles. The largest absolute Gasteiger partial charge is 0.477 e. The zero-order chi connectivity index (χ0) is 10.6. The summed E-state index contributed by atoms with van der Waals surface area (Å²) < 4.78 is 4.73. The molecular formula is C7H12O5Si. The molecule has 0 saturated carbocycles. The number of carbonyl (C=O) groups is 2. The Kier molecular flexibility index (Phi) is 3.83. The van der Waals surface area contributed by atoms with Gasteiger partial charge in [-0.1, -0.05) is 6.58 Å². The lowest BCUT2D eigenvalue weighted by molar-refractivity contribution is -0.214. The van der Waals surface area contributed by atoms with Gasteiger partial charge in [0.2, 0.25) is 8.32 Å². The summed E-state index contributed by atoms with van der Waals surface area (Å²) in [5.41, 5.74) is -0.641. The van der Waals surface area contributed by atoms with Gasteiger partial charge in [-0.25, -0.2) is 14.2 Å². The third kappa shape index (κ3) is 5.15. The van der Waals surface area contributed by atoms with Gasteiger partial charge < -0.3 is 9.99 Å². The summed E-state index contributed by atoms with van der Waals surface area (Å²) in [6.45, 7) is 8.40. The minimum Gasteiger partial charge on any atom is -0.477 e. The van der Waals surface area contributed by atoms with E-state index in [1.54, 1.807) is 19.6 Å². The molecule has 0 rings (SSSR count). The molecule has 0 bridgehead atoms. The van der Waals surface area contributed by atoms with Crippen molar-refractivity contribution in [2.75, 3.05) is 0 Å². The number of aliphatic carboxylic acids is 1. The van der Waals surface area contributed by atoms with E-state index < -0.39 is 25.8 Å². The monoisotopic (exact) mass is 204 g/mol. The molecule has 0 aliphatic heterocycles. The maximum Gasteiger partial charge on any atom is 0.378 e. The lowest BCUT2D eigenvalue weighted by Gasteiger charge is -2.14. The molecule has 0 aliphatic carbocycles. The fourth-order valence-electron chi connectivity index (χ4n) is 0.300. The summed E-state index contributed by atoms with van der Waals surface area (Å²) in [5.74, 6) is -2.47. The summed E-state index contributed by atoms with van der Waals surface area (Å²) in [4.78, 5) is 25.3. The first-order valence-corrected chi connectivity index (χ1v) is 6.97. The zero-order valence-corrected chi connectivity index (χ0v) is 8.79. The molecule has 0 saturated heterocycles. The van der Waals surface area contributed by atoms with Crippen molar-refractivity contribution in [1.29, 1.82) is 0 Å². The standard InChI is InChI=1S/C7H12O5Si/c1-5(6(8)9)7(10)11-12-13(2,3)4/h1H2,2-4H3,(H,8,9). The second-order valence-electron chi connectivity index (χ2n) is 3.35. The van der Waals surface area contributed by atoms with Crippen LogP contribution < -0.4 is 0 Å². The van der Waals surface area contributed by atoms with Crippen LogP contribution in [0.15, 0.2) is 12.2 Å². The van der Waals surface area contributed by atoms with E-state index in [9.17, 15) is 9.59 Å². The van der Waals surface area contributed by atoms with E-state index in [4.69, 9.17) is 9.68 Å². The maximum absolute atomic E-state index is 10.8. The maximum atomic E-state index is 10.8. The normalized spacial score (nSPS) is 10.7. The predicted molar refractivity (Wildman–Crippen MR) is 47.3 cm³/mol. The van der Waals surface area contributed by atoms with E-state index in [1.165, 1.54) is 0 Å². The number of hydrogen-bond acceptors (Lipinski definition) is 4. The fourth-order valence-corrected chi connectivity index (χ4v) is 0.626. The van der Waals surface area contributed by atoms with Crippen LogP contribution in [0.1, 0.15) is 0 Å². The van der Waals surface area contributed by atoms with Crippen LogP contribution in [0, 0.1) is 0 Å². The van der Waals surface area contributed by atoms with Crippen LogP contribution in [0.25, 0.3) is 0 Å². The minimum absolute atomic E-state index is 0.641. The Labute approximate surface area is 77.0 Å². The van der Waals surface area contributed by atoms with Gasteiger partial charge in [0.1, 0.15) is 5.57 Å². The second kappa shape index (κ2) is 4.20. The Hall–Kier alpha value is -1.14. The number of rotatable bonds is 4. The number of carbonyl (C=O) groups excluding carboxylic acids is 1. The summed E-state index contributed by atoms with van der Waals surface area (Å²) in [6.07, 6.45) is 0. The predicted octanol–water partition coefficient (Wildman–Crippen LogP) is 0.937. The highest BCUT2D eigenvalue weighted by atomic mass is 28.4. The van der Waals surface area contributed by atoms with Crippen molar-refractivity contribution in [3.63, 3.8) is 0 Å². The Bertz CT molecular complexity index is 240. The molecule has 0 aromatic rings. The molecule has 5 nitrogen and oxygen atoms in total. The van der Waals surface area contributed by atoms with Crippen molar-refractivity contribution < 1.29 is 24.2 Å². The van der Waals surface area contributed by atoms with Gasteiger partial charge in [0.05, 0.1) is 0 Å². The molecule has 0 radical (unpaired) electrons. The van der Waals surface area contributed by atoms with Crippen molar-refractivity contribution >= 4 is 20.3 Å². The summed E-state index contributed by atoms with van der Waals surface area (Å²) in [5, 5.41) is 8.34. The number of carboxylic acids is 1. The first kappa shape index (κ1) is 11.9. The summed E-state index contributed by atoms with van der Waals surface area (Å²) >= 11 is 0. The Balaban J connectivity index is 4.04. The quantitative estimate of drug-likeness (QED) is 0.184. The highest BCUT2D eigenvalue weighted by Gasteiger charge is 2.22. The van der Waals surface area contributed by atoms with Gasteiger partial charge in [0, 0.05) is 0 Å². The molecule has 6 heteroatoms. The first-order chi connectivity index (χ1) is 5.74. The van der Waals surface area contributed by atoms with E-state index in [2.05, 4.69) is 11.5 Å². The highest BCUT2D eigenvalue weighted by molar-refractivity contribution is 6.69. The van der Waals surface area contributed by atoms with Crippen LogP contribution >= 0.6 is 0 Å². The van der Waals surface area contributed by atoms with Crippen molar-refractivity contribution in [2.45, 2.75) is 19.6 Å². The van der Waals surface area contributed by atoms with Gasteiger partial charge in [-0.05, 0) is 19.6 Å². The molecule has 0 unspecified atom stereocenters. The third-order valence-electron chi connectivity index (χ3n) is 0.872. The average molecular weight is 204 g/mol. The van der Waals surface area contributed by atoms with Crippen molar-refractivity contribution in [3.05, 3.63) is 12.2 Å². The Morgan fingerprint density at radius 2 is 1.77 bits per heavy atom. The minimum atomic E-state index is -1.98. The van der Waals surface area contributed by atoms with Gasteiger partial charge in [0.25, 0.3) is 0 Å². The molecule has 0 aromatic heterocycles. The van der Waals surface area contributed by atoms with Gasteiger partial charge in [-0.2, -0.15) is 0 Å². The van der Waals surface area contributed by atoms with Gasteiger partial charge >= 0.3 is 11.9 Å². The Morgan fingerprint density at radius 1 is 1.31 bits per heavy atom. The number of hydrogen-bond donors (Lipinski definition) is 1. The van der Waals surface area contributed by atoms with Gasteiger partial charge in [-0.15, -0.1) is 0 Å². The van der Waals surface area contributed by atoms with Crippen LogP contribution in [0.3, 0.4) is 0 Å². The second-order valence-corrected chi connectivity index (χ2v) is 7.74. The molecule has 0 aliphatic rings. The molecule has 1 N–H and O–H groups in total. The Morgan fingerprint density at radius 3 is 2.08 bits per heavy atom. The van der Waals surface area contributed by atoms with Crippen LogP contribution in [-0.2, 0) is 19.1 Å². The molecule has 0 aromatic carbocycles. The fraction of sp³-hybridized carbons (Fsp3) is 0.429. The van der Waals surface area contributed by atoms with Crippen LogP contribution in [-0.4, -0.2) is 25.4 Å². The molecule has 0 atom stereocenters. The molecule has 0 spiro atoms. The number of carboxylic acid groups (broad SMARTS) is 1. The van der Waals surface area contributed by atoms with E-state index in [0.717, 1.165) is 0 Å². The van der Waals surface area contributed by atoms with E-state index in [-0.39, 0.29) is 0 Å². The smallest absolute Gasteiger partial charge is 0.378 e. The van der Waals surface area contributed by atoms with E-state index in [1.807, 2.05) is 0 Å². The summed E-state index contributed by atoms with van der Waals surface area (Å²) in [6, 6.07) is 0. The van der Waals surface area contributed by atoms with Crippen LogP contribution in [0.2, 0.25) is 19.6 Å². The zero-order valence-electron chi connectivity index (χ0n) is 7.79. The van der Waals surface area contributed by atoms with Crippen molar-refractivity contribution in [2.24, 2.45) is 0 Å². The molecule has 0 amide bonds. The molecule has 13 heavy (non-hydrogen) atoms. The lowest BCUT2D eigenvalue weighted by Crippen LogP contribution is -2.28. The van der Waals surface area contributed by atoms with E-state index >= 15 is 0 Å². The first-order valence-electron chi connectivity index (χ1n) is 3.56. The third-order valence-corrected chi connectivity index (χ3v) is 1.46. The highest BCUT2D eigenvalue weighted by Crippen LogP contribution is 2.05. The SMILES string of the molecule is C=C(C(=O)O)C(=O)OO[Si](C)(C)C. The molecule has 0 fully saturated rings. The molecule has 74 valence electrons. The van der Waals surface area contributed by atoms with Crippen LogP contribution in [0.4, 0.5) is 0 Å². The topological polar surface area (TPSA) is 72.8 Å². The average Bonchev–Trinajstić information content (AvgIpc) is 1.97. The van der Waals surface area contributed by atoms with Gasteiger partial charge in [0.15, 0.2) is 0 Å². The van der Waals surface area contributed by atoms with Crippen molar-refractivity contribution in [1.82, 2.24) is 0 Å². The summed E-state index contributed by atoms with van der Waals surface area (Å²) in [7, 11) is -1.98. The molecular weight excluding hydrogens is 192 g/mol. The van der Waals surface area contributed by atoms with E-state index in [0.29, 0.717) is 0 Å². The van der Waals surface area contributed by atoms with Gasteiger partial charge in [-0.3, -0.25) is 0 Å². The van der Waals surface area contributed by atoms with Crippen molar-refractivity contribution in [3.8, 4) is 0 Å².